The van der Waals surface area contributed by atoms with Crippen LogP contribution >= 0.6 is 23.4 Å². The summed E-state index contributed by atoms with van der Waals surface area (Å²) < 4.78 is 0. The molecule has 1 saturated heterocycles. The highest BCUT2D eigenvalue weighted by molar-refractivity contribution is 8.18. The largest absolute Gasteiger partial charge is 0.480 e. The summed E-state index contributed by atoms with van der Waals surface area (Å²) in [5.74, 6) is -1.83. The number of amides is 2. The molecule has 1 aromatic rings. The first-order valence-corrected chi connectivity index (χ1v) is 6.39. The fourth-order valence-corrected chi connectivity index (χ4v) is 2.56. The summed E-state index contributed by atoms with van der Waals surface area (Å²) >= 11 is 6.53. The summed E-state index contributed by atoms with van der Waals surface area (Å²) in [6.07, 6.45) is 1.51. The third-order valence-corrected chi connectivity index (χ3v) is 3.46. The quantitative estimate of drug-likeness (QED) is 0.867. The summed E-state index contributed by atoms with van der Waals surface area (Å²) in [5.41, 5.74) is 0.674. The van der Waals surface area contributed by atoms with Crippen LogP contribution in [0.25, 0.3) is 6.08 Å². The number of carboxylic acid groups (broad SMARTS) is 1. The second-order valence-corrected chi connectivity index (χ2v) is 5.15. The molecule has 98 valence electrons. The Morgan fingerprint density at radius 3 is 2.79 bits per heavy atom. The molecule has 1 aliphatic heterocycles. The van der Waals surface area contributed by atoms with E-state index in [2.05, 4.69) is 0 Å². The minimum Gasteiger partial charge on any atom is -0.480 e. The van der Waals surface area contributed by atoms with Crippen molar-refractivity contribution in [3.8, 4) is 0 Å². The number of rotatable bonds is 3. The number of carbonyl (C=O) groups is 3. The zero-order valence-electron chi connectivity index (χ0n) is 9.50. The van der Waals surface area contributed by atoms with E-state index in [1.807, 2.05) is 0 Å². The van der Waals surface area contributed by atoms with Gasteiger partial charge in [-0.2, -0.15) is 0 Å². The molecule has 0 saturated carbocycles. The van der Waals surface area contributed by atoms with Gasteiger partial charge in [-0.3, -0.25) is 19.3 Å². The van der Waals surface area contributed by atoms with Crippen molar-refractivity contribution in [2.45, 2.75) is 0 Å². The van der Waals surface area contributed by atoms with Crippen LogP contribution in [0, 0.1) is 0 Å². The van der Waals surface area contributed by atoms with Crippen LogP contribution in [0.4, 0.5) is 4.79 Å². The number of halogens is 1. The molecule has 1 N–H and O–H groups in total. The van der Waals surface area contributed by atoms with Crippen LogP contribution in [-0.4, -0.2) is 33.7 Å². The van der Waals surface area contributed by atoms with E-state index < -0.39 is 23.7 Å². The van der Waals surface area contributed by atoms with Gasteiger partial charge in [-0.1, -0.05) is 23.7 Å². The molecular formula is C12H8ClNO4S. The number of benzene rings is 1. The van der Waals surface area contributed by atoms with Gasteiger partial charge >= 0.3 is 5.97 Å². The van der Waals surface area contributed by atoms with Crippen molar-refractivity contribution in [1.82, 2.24) is 4.90 Å². The highest BCUT2D eigenvalue weighted by atomic mass is 35.5. The summed E-state index contributed by atoms with van der Waals surface area (Å²) in [6.45, 7) is -0.627. The molecule has 0 unspecified atom stereocenters. The molecule has 19 heavy (non-hydrogen) atoms. The number of carboxylic acids is 1. The Balaban J connectivity index is 2.25. The Hall–Kier alpha value is -1.79. The zero-order valence-corrected chi connectivity index (χ0v) is 11.1. The first kappa shape index (κ1) is 13.6. The van der Waals surface area contributed by atoms with E-state index in [0.717, 1.165) is 0 Å². The molecule has 0 spiro atoms. The molecule has 2 rings (SSSR count). The van der Waals surface area contributed by atoms with Crippen molar-refractivity contribution in [3.63, 3.8) is 0 Å². The number of hydrogen-bond acceptors (Lipinski definition) is 4. The monoisotopic (exact) mass is 297 g/mol. The van der Waals surface area contributed by atoms with Crippen LogP contribution in [0.2, 0.25) is 5.02 Å². The molecule has 7 heteroatoms. The summed E-state index contributed by atoms with van der Waals surface area (Å²) in [7, 11) is 0. The number of thioether (sulfide) groups is 1. The van der Waals surface area contributed by atoms with Gasteiger partial charge in [0.15, 0.2) is 0 Å². The third kappa shape index (κ3) is 3.15. The molecule has 5 nitrogen and oxygen atoms in total. The molecule has 1 aliphatic rings. The molecule has 1 aromatic carbocycles. The van der Waals surface area contributed by atoms with Crippen LogP contribution < -0.4 is 0 Å². The first-order valence-electron chi connectivity index (χ1n) is 5.20. The van der Waals surface area contributed by atoms with Crippen molar-refractivity contribution >= 4 is 46.6 Å². The standard InChI is InChI=1S/C12H8ClNO4S/c13-8-3-1-2-7(4-8)5-9-11(17)14(6-10(15)16)12(18)19-9/h1-5H,6H2,(H,15,16)/b9-5-. The van der Waals surface area contributed by atoms with Crippen LogP contribution in [0.3, 0.4) is 0 Å². The second kappa shape index (κ2) is 5.46. The maximum atomic E-state index is 11.9. The van der Waals surface area contributed by atoms with Gasteiger partial charge in [-0.15, -0.1) is 0 Å². The van der Waals surface area contributed by atoms with Crippen LogP contribution in [0.5, 0.6) is 0 Å². The minimum atomic E-state index is -1.23. The highest BCUT2D eigenvalue weighted by Crippen LogP contribution is 2.32. The first-order chi connectivity index (χ1) is 8.97. The van der Waals surface area contributed by atoms with Crippen molar-refractivity contribution in [2.75, 3.05) is 6.54 Å². The van der Waals surface area contributed by atoms with Gasteiger partial charge in [0.25, 0.3) is 11.1 Å². The smallest absolute Gasteiger partial charge is 0.323 e. The van der Waals surface area contributed by atoms with Gasteiger partial charge in [0.2, 0.25) is 0 Å². The van der Waals surface area contributed by atoms with E-state index in [1.165, 1.54) is 6.08 Å². The number of imide groups is 1. The van der Waals surface area contributed by atoms with Crippen LogP contribution in [-0.2, 0) is 9.59 Å². The van der Waals surface area contributed by atoms with Gasteiger partial charge in [-0.05, 0) is 35.5 Å². The Labute approximate surface area is 117 Å². The maximum absolute atomic E-state index is 11.9. The van der Waals surface area contributed by atoms with E-state index >= 15 is 0 Å². The Kier molecular flexibility index (Phi) is 3.92. The number of hydrogen-bond donors (Lipinski definition) is 1. The average molecular weight is 298 g/mol. The summed E-state index contributed by atoms with van der Waals surface area (Å²) in [5, 5.41) is 8.56. The fourth-order valence-electron chi connectivity index (χ4n) is 1.52. The van der Waals surface area contributed by atoms with Crippen molar-refractivity contribution in [2.24, 2.45) is 0 Å². The topological polar surface area (TPSA) is 74.7 Å². The number of nitrogens with zero attached hydrogens (tertiary/aromatic N) is 1. The van der Waals surface area contributed by atoms with Crippen molar-refractivity contribution in [1.29, 1.82) is 0 Å². The molecule has 2 amide bonds. The molecule has 1 fully saturated rings. The van der Waals surface area contributed by atoms with E-state index in [-0.39, 0.29) is 4.91 Å². The minimum absolute atomic E-state index is 0.188. The van der Waals surface area contributed by atoms with Crippen molar-refractivity contribution in [3.05, 3.63) is 39.8 Å². The predicted molar refractivity (Wildman–Crippen MR) is 71.8 cm³/mol. The Bertz CT molecular complexity index is 599. The SMILES string of the molecule is O=C(O)CN1C(=O)S/C(=C\c2cccc(Cl)c2)C1=O. The number of aliphatic carboxylic acids is 1. The lowest BCUT2D eigenvalue weighted by molar-refractivity contribution is -0.140. The summed E-state index contributed by atoms with van der Waals surface area (Å²) in [6, 6.07) is 6.79. The number of carbonyl (C=O) groups excluding carboxylic acids is 2. The van der Waals surface area contributed by atoms with E-state index in [9.17, 15) is 14.4 Å². The molecule has 0 aromatic heterocycles. The molecule has 1 heterocycles. The third-order valence-electron chi connectivity index (χ3n) is 2.31. The van der Waals surface area contributed by atoms with E-state index in [4.69, 9.17) is 16.7 Å². The van der Waals surface area contributed by atoms with Crippen LogP contribution in [0.15, 0.2) is 29.2 Å². The molecule has 0 bridgehead atoms. The normalized spacial score (nSPS) is 17.3. The maximum Gasteiger partial charge on any atom is 0.323 e. The molecule has 0 radical (unpaired) electrons. The molecule has 0 atom stereocenters. The lowest BCUT2D eigenvalue weighted by atomic mass is 10.2. The lowest BCUT2D eigenvalue weighted by Gasteiger charge is -2.07. The molecular weight excluding hydrogens is 290 g/mol. The second-order valence-electron chi connectivity index (χ2n) is 3.72. The van der Waals surface area contributed by atoms with Gasteiger partial charge < -0.3 is 5.11 Å². The van der Waals surface area contributed by atoms with Crippen molar-refractivity contribution < 1.29 is 19.5 Å². The van der Waals surface area contributed by atoms with Gasteiger partial charge in [0.1, 0.15) is 6.54 Å². The Morgan fingerprint density at radius 2 is 2.16 bits per heavy atom. The molecule has 0 aliphatic carbocycles. The highest BCUT2D eigenvalue weighted by Gasteiger charge is 2.36. The van der Waals surface area contributed by atoms with Gasteiger partial charge in [-0.25, -0.2) is 0 Å². The van der Waals surface area contributed by atoms with Gasteiger partial charge in [0, 0.05) is 5.02 Å². The van der Waals surface area contributed by atoms with E-state index in [1.54, 1.807) is 24.3 Å². The lowest BCUT2D eigenvalue weighted by Crippen LogP contribution is -2.33. The fraction of sp³-hybridized carbons (Fsp3) is 0.0833. The average Bonchev–Trinajstić information content (AvgIpc) is 2.57. The van der Waals surface area contributed by atoms with Gasteiger partial charge in [0.05, 0.1) is 4.91 Å². The zero-order chi connectivity index (χ0) is 14.0. The Morgan fingerprint density at radius 1 is 1.42 bits per heavy atom. The van der Waals surface area contributed by atoms with E-state index in [0.29, 0.717) is 27.2 Å². The predicted octanol–water partition coefficient (Wildman–Crippen LogP) is 2.46. The summed E-state index contributed by atoms with van der Waals surface area (Å²) in [4.78, 5) is 34.8. The van der Waals surface area contributed by atoms with Crippen LogP contribution in [0.1, 0.15) is 5.56 Å².